The normalized spacial score (nSPS) is 11.4. The van der Waals surface area contributed by atoms with Crippen LogP contribution in [0.2, 0.25) is 0 Å². The van der Waals surface area contributed by atoms with Gasteiger partial charge in [-0.05, 0) is 55.5 Å². The number of hydrogen-bond donors (Lipinski definition) is 1. The van der Waals surface area contributed by atoms with E-state index in [4.69, 9.17) is 10.5 Å². The Balaban J connectivity index is 2.68. The molecule has 0 unspecified atom stereocenters. The number of Topliss-reactive ketones (excluding diaryl/α,β-unsaturated/α-hetero) is 1. The molecule has 3 nitrogen and oxygen atoms in total. The molecule has 0 fully saturated rings. The molecule has 19 heavy (non-hydrogen) atoms. The summed E-state index contributed by atoms with van der Waals surface area (Å²) in [7, 11) is 1.63. The van der Waals surface area contributed by atoms with Crippen LogP contribution in [-0.2, 0) is 0 Å². The van der Waals surface area contributed by atoms with Crippen LogP contribution in [-0.4, -0.2) is 19.4 Å². The number of hydrogen-bond acceptors (Lipinski definition) is 3. The summed E-state index contributed by atoms with van der Waals surface area (Å²) in [5.41, 5.74) is 7.49. The van der Waals surface area contributed by atoms with Gasteiger partial charge < -0.3 is 10.5 Å². The number of nitrogens with two attached hydrogens (primary N) is 1. The van der Waals surface area contributed by atoms with E-state index in [1.54, 1.807) is 7.11 Å². The lowest BCUT2D eigenvalue weighted by atomic mass is 9.83. The van der Waals surface area contributed by atoms with Gasteiger partial charge in [-0.3, -0.25) is 4.79 Å². The Morgan fingerprint density at radius 1 is 1.32 bits per heavy atom. The highest BCUT2D eigenvalue weighted by Crippen LogP contribution is 2.27. The van der Waals surface area contributed by atoms with Crippen molar-refractivity contribution in [2.24, 2.45) is 11.1 Å². The highest BCUT2D eigenvalue weighted by molar-refractivity contribution is 5.97. The molecule has 1 rings (SSSR count). The maximum Gasteiger partial charge on any atom is 0.163 e. The van der Waals surface area contributed by atoms with Crippen LogP contribution in [0.1, 0.15) is 49.0 Å². The Morgan fingerprint density at radius 2 is 2.00 bits per heavy atom. The zero-order chi connectivity index (χ0) is 14.5. The molecule has 0 aromatic heterocycles. The second-order valence-corrected chi connectivity index (χ2v) is 5.81. The van der Waals surface area contributed by atoms with E-state index in [-0.39, 0.29) is 11.2 Å². The smallest absolute Gasteiger partial charge is 0.163 e. The number of ether oxygens (including phenoxy) is 1. The molecule has 2 N–H and O–H groups in total. The van der Waals surface area contributed by atoms with E-state index in [0.717, 1.165) is 29.7 Å². The summed E-state index contributed by atoms with van der Waals surface area (Å²) in [6, 6.07) is 5.59. The summed E-state index contributed by atoms with van der Waals surface area (Å²) in [5, 5.41) is 0. The minimum Gasteiger partial charge on any atom is -0.497 e. The van der Waals surface area contributed by atoms with Crippen LogP contribution < -0.4 is 10.5 Å². The Kier molecular flexibility index (Phi) is 5.55. The third kappa shape index (κ3) is 4.67. The Bertz CT molecular complexity index is 438. The SMILES string of the molecule is COc1ccc(C(=O)CCC(C)(C)CCN)c(C)c1. The molecule has 0 aliphatic heterocycles. The highest BCUT2D eigenvalue weighted by Gasteiger charge is 2.19. The van der Waals surface area contributed by atoms with Crippen LogP contribution in [0.4, 0.5) is 0 Å². The fourth-order valence-corrected chi connectivity index (χ4v) is 2.18. The molecule has 0 aliphatic rings. The van der Waals surface area contributed by atoms with Gasteiger partial charge >= 0.3 is 0 Å². The molecule has 0 radical (unpaired) electrons. The van der Waals surface area contributed by atoms with Crippen LogP contribution in [0, 0.1) is 12.3 Å². The predicted octanol–water partition coefficient (Wildman–Crippen LogP) is 3.34. The van der Waals surface area contributed by atoms with E-state index >= 15 is 0 Å². The van der Waals surface area contributed by atoms with Crippen LogP contribution >= 0.6 is 0 Å². The zero-order valence-corrected chi connectivity index (χ0v) is 12.5. The van der Waals surface area contributed by atoms with Crippen LogP contribution in [0.5, 0.6) is 5.75 Å². The van der Waals surface area contributed by atoms with Gasteiger partial charge in [0.05, 0.1) is 7.11 Å². The number of aryl methyl sites for hydroxylation is 1. The number of benzene rings is 1. The van der Waals surface area contributed by atoms with Crippen molar-refractivity contribution >= 4 is 5.78 Å². The number of ketones is 1. The van der Waals surface area contributed by atoms with Crippen molar-refractivity contribution in [1.82, 2.24) is 0 Å². The summed E-state index contributed by atoms with van der Waals surface area (Å²) in [6.45, 7) is 6.94. The van der Waals surface area contributed by atoms with Crippen molar-refractivity contribution in [3.63, 3.8) is 0 Å². The van der Waals surface area contributed by atoms with Gasteiger partial charge in [0.15, 0.2) is 5.78 Å². The van der Waals surface area contributed by atoms with Crippen molar-refractivity contribution in [1.29, 1.82) is 0 Å². The Hall–Kier alpha value is -1.35. The molecular formula is C16H25NO2. The van der Waals surface area contributed by atoms with E-state index in [9.17, 15) is 4.79 Å². The third-order valence-corrected chi connectivity index (χ3v) is 3.58. The fourth-order valence-electron chi connectivity index (χ4n) is 2.18. The van der Waals surface area contributed by atoms with Crippen LogP contribution in [0.3, 0.4) is 0 Å². The van der Waals surface area contributed by atoms with Gasteiger partial charge in [0.25, 0.3) is 0 Å². The molecule has 0 atom stereocenters. The quantitative estimate of drug-likeness (QED) is 0.768. The summed E-state index contributed by atoms with van der Waals surface area (Å²) in [6.07, 6.45) is 2.39. The fraction of sp³-hybridized carbons (Fsp3) is 0.562. The lowest BCUT2D eigenvalue weighted by Gasteiger charge is -2.23. The van der Waals surface area contributed by atoms with Gasteiger partial charge in [-0.15, -0.1) is 0 Å². The molecule has 0 saturated heterocycles. The topological polar surface area (TPSA) is 52.3 Å². The molecule has 0 spiro atoms. The first-order valence-corrected chi connectivity index (χ1v) is 6.77. The standard InChI is InChI=1S/C16H25NO2/c1-12-11-13(19-4)5-6-14(12)15(18)7-8-16(2,3)9-10-17/h5-6,11H,7-10,17H2,1-4H3. The Morgan fingerprint density at radius 3 is 2.53 bits per heavy atom. The van der Waals surface area contributed by atoms with Crippen molar-refractivity contribution in [2.75, 3.05) is 13.7 Å². The first kappa shape index (κ1) is 15.7. The van der Waals surface area contributed by atoms with Crippen molar-refractivity contribution in [3.8, 4) is 5.75 Å². The van der Waals surface area contributed by atoms with E-state index in [1.807, 2.05) is 25.1 Å². The molecule has 0 amide bonds. The minimum atomic E-state index is 0.130. The highest BCUT2D eigenvalue weighted by atomic mass is 16.5. The van der Waals surface area contributed by atoms with Crippen LogP contribution in [0.25, 0.3) is 0 Å². The van der Waals surface area contributed by atoms with Gasteiger partial charge in [-0.25, -0.2) is 0 Å². The van der Waals surface area contributed by atoms with Crippen molar-refractivity contribution in [2.45, 2.75) is 40.0 Å². The summed E-state index contributed by atoms with van der Waals surface area (Å²) < 4.78 is 5.15. The number of carbonyl (C=O) groups excluding carboxylic acids is 1. The van der Waals surface area contributed by atoms with Gasteiger partial charge in [0.1, 0.15) is 5.75 Å². The molecule has 1 aromatic carbocycles. The molecule has 0 bridgehead atoms. The summed E-state index contributed by atoms with van der Waals surface area (Å²) in [5.74, 6) is 0.989. The molecule has 1 aromatic rings. The van der Waals surface area contributed by atoms with Gasteiger partial charge in [-0.2, -0.15) is 0 Å². The lowest BCUT2D eigenvalue weighted by molar-refractivity contribution is 0.0961. The maximum atomic E-state index is 12.2. The molecule has 0 saturated carbocycles. The number of methoxy groups -OCH3 is 1. The Labute approximate surface area is 116 Å². The molecule has 0 heterocycles. The number of carbonyl (C=O) groups is 1. The van der Waals surface area contributed by atoms with Gasteiger partial charge in [0, 0.05) is 12.0 Å². The van der Waals surface area contributed by atoms with Crippen molar-refractivity contribution in [3.05, 3.63) is 29.3 Å². The van der Waals surface area contributed by atoms with E-state index in [0.29, 0.717) is 13.0 Å². The molecule has 0 aliphatic carbocycles. The average molecular weight is 263 g/mol. The van der Waals surface area contributed by atoms with E-state index in [1.165, 1.54) is 0 Å². The van der Waals surface area contributed by atoms with E-state index < -0.39 is 0 Å². The van der Waals surface area contributed by atoms with Gasteiger partial charge in [0.2, 0.25) is 0 Å². The summed E-state index contributed by atoms with van der Waals surface area (Å²) in [4.78, 5) is 12.2. The number of rotatable bonds is 7. The van der Waals surface area contributed by atoms with E-state index in [2.05, 4.69) is 13.8 Å². The second kappa shape index (κ2) is 6.71. The largest absolute Gasteiger partial charge is 0.497 e. The summed E-state index contributed by atoms with van der Waals surface area (Å²) >= 11 is 0. The molecular weight excluding hydrogens is 238 g/mol. The first-order valence-electron chi connectivity index (χ1n) is 6.77. The van der Waals surface area contributed by atoms with Crippen molar-refractivity contribution < 1.29 is 9.53 Å². The van der Waals surface area contributed by atoms with Gasteiger partial charge in [-0.1, -0.05) is 13.8 Å². The first-order chi connectivity index (χ1) is 8.89. The van der Waals surface area contributed by atoms with Crippen LogP contribution in [0.15, 0.2) is 18.2 Å². The average Bonchev–Trinajstić information content (AvgIpc) is 2.36. The minimum absolute atomic E-state index is 0.130. The predicted molar refractivity (Wildman–Crippen MR) is 78.7 cm³/mol. The maximum absolute atomic E-state index is 12.2. The monoisotopic (exact) mass is 263 g/mol. The molecule has 106 valence electrons. The zero-order valence-electron chi connectivity index (χ0n) is 12.5. The molecule has 3 heteroatoms. The third-order valence-electron chi connectivity index (χ3n) is 3.58. The lowest BCUT2D eigenvalue weighted by Crippen LogP contribution is -2.18. The second-order valence-electron chi connectivity index (χ2n) is 5.81.